The zero-order valence-electron chi connectivity index (χ0n) is 18.7. The Morgan fingerprint density at radius 2 is 1.55 bits per heavy atom. The van der Waals surface area contributed by atoms with Gasteiger partial charge in [0.1, 0.15) is 0 Å². The molecule has 4 rings (SSSR count). The molecule has 0 bridgehead atoms. The van der Waals surface area contributed by atoms with Crippen LogP contribution in [0, 0.1) is 6.92 Å². The number of nitrogens with one attached hydrogen (secondary N) is 1. The first-order valence-corrected chi connectivity index (χ1v) is 10.2. The van der Waals surface area contributed by atoms with Gasteiger partial charge in [0, 0.05) is 11.1 Å². The Labute approximate surface area is 190 Å². The maximum atomic E-state index is 13.4. The number of para-hydroxylation sites is 1. The van der Waals surface area contributed by atoms with Crippen LogP contribution in [0.1, 0.15) is 15.9 Å². The Bertz CT molecular complexity index is 1390. The van der Waals surface area contributed by atoms with E-state index < -0.39 is 11.5 Å². The number of aryl methyl sites for hydroxylation is 1. The van der Waals surface area contributed by atoms with Gasteiger partial charge in [0.15, 0.2) is 17.3 Å². The predicted octanol–water partition coefficient (Wildman–Crippen LogP) is 3.78. The lowest BCUT2D eigenvalue weighted by Crippen LogP contribution is -2.35. The number of nitrogens with zero attached hydrogens (tertiary/aromatic N) is 2. The lowest BCUT2D eigenvalue weighted by Gasteiger charge is -2.18. The average Bonchev–Trinajstić information content (AvgIpc) is 2.84. The molecule has 8 heteroatoms. The number of rotatable bonds is 6. The number of aromatic nitrogens is 2. The van der Waals surface area contributed by atoms with E-state index in [1.54, 1.807) is 48.5 Å². The highest BCUT2D eigenvalue weighted by molar-refractivity contribution is 6.01. The van der Waals surface area contributed by atoms with Crippen LogP contribution >= 0.6 is 0 Å². The van der Waals surface area contributed by atoms with Gasteiger partial charge in [-0.15, -0.1) is 0 Å². The fourth-order valence-electron chi connectivity index (χ4n) is 3.63. The molecule has 0 unspecified atom stereocenters. The second-order valence-electron chi connectivity index (χ2n) is 7.26. The maximum absolute atomic E-state index is 13.4. The molecule has 0 saturated carbocycles. The van der Waals surface area contributed by atoms with Gasteiger partial charge in [0.05, 0.1) is 32.2 Å². The average molecular weight is 445 g/mol. The Morgan fingerprint density at radius 3 is 2.18 bits per heavy atom. The summed E-state index contributed by atoms with van der Waals surface area (Å²) in [6, 6.07) is 17.4. The summed E-state index contributed by atoms with van der Waals surface area (Å²) in [6.45, 7) is 1.83. The van der Waals surface area contributed by atoms with Gasteiger partial charge in [0.2, 0.25) is 5.75 Å². The number of fused-ring (bicyclic) bond motifs is 1. The molecule has 1 aromatic heterocycles. The van der Waals surface area contributed by atoms with Crippen molar-refractivity contribution in [3.05, 3.63) is 82.1 Å². The van der Waals surface area contributed by atoms with Crippen LogP contribution in [0.5, 0.6) is 17.2 Å². The first-order valence-electron chi connectivity index (χ1n) is 10.2. The van der Waals surface area contributed by atoms with E-state index in [4.69, 9.17) is 14.2 Å². The molecule has 4 aromatic rings. The molecule has 0 aliphatic rings. The molecule has 0 aliphatic carbocycles. The number of amides is 1. The summed E-state index contributed by atoms with van der Waals surface area (Å²) < 4.78 is 17.5. The third-order valence-corrected chi connectivity index (χ3v) is 5.30. The van der Waals surface area contributed by atoms with Crippen LogP contribution < -0.4 is 25.2 Å². The first kappa shape index (κ1) is 21.9. The fourth-order valence-corrected chi connectivity index (χ4v) is 3.63. The minimum Gasteiger partial charge on any atom is -0.493 e. The van der Waals surface area contributed by atoms with Crippen molar-refractivity contribution in [2.45, 2.75) is 6.92 Å². The minimum atomic E-state index is -0.430. The van der Waals surface area contributed by atoms with E-state index in [-0.39, 0.29) is 5.82 Å². The van der Waals surface area contributed by atoms with Crippen LogP contribution in [0.4, 0.5) is 0 Å². The summed E-state index contributed by atoms with van der Waals surface area (Å²) >= 11 is 0. The number of hydrogen-bond acceptors (Lipinski definition) is 6. The molecule has 1 heterocycles. The van der Waals surface area contributed by atoms with Crippen molar-refractivity contribution in [3.8, 4) is 28.6 Å². The zero-order valence-corrected chi connectivity index (χ0v) is 18.7. The topological polar surface area (TPSA) is 91.7 Å². The van der Waals surface area contributed by atoms with Gasteiger partial charge >= 0.3 is 0 Å². The van der Waals surface area contributed by atoms with Crippen molar-refractivity contribution >= 4 is 16.8 Å². The predicted molar refractivity (Wildman–Crippen MR) is 126 cm³/mol. The molecule has 0 aliphatic heterocycles. The SMILES string of the molecule is COc1cc(-c2nc3ccccc3c(=O)n2NC(=O)c2ccccc2C)cc(OC)c1OC. The molecule has 0 fully saturated rings. The van der Waals surface area contributed by atoms with Gasteiger partial charge in [0.25, 0.3) is 11.5 Å². The van der Waals surface area contributed by atoms with Crippen molar-refractivity contribution in [1.29, 1.82) is 0 Å². The van der Waals surface area contributed by atoms with Crippen LogP contribution in [0.3, 0.4) is 0 Å². The molecule has 8 nitrogen and oxygen atoms in total. The second kappa shape index (κ2) is 9.04. The van der Waals surface area contributed by atoms with Crippen LogP contribution in [-0.4, -0.2) is 36.9 Å². The maximum Gasteiger partial charge on any atom is 0.280 e. The van der Waals surface area contributed by atoms with E-state index in [2.05, 4.69) is 10.4 Å². The van der Waals surface area contributed by atoms with Crippen LogP contribution in [-0.2, 0) is 0 Å². The van der Waals surface area contributed by atoms with Gasteiger partial charge in [-0.2, -0.15) is 4.68 Å². The molecule has 168 valence electrons. The molecule has 3 aromatic carbocycles. The molecule has 33 heavy (non-hydrogen) atoms. The van der Waals surface area contributed by atoms with Gasteiger partial charge < -0.3 is 14.2 Å². The van der Waals surface area contributed by atoms with Crippen molar-refractivity contribution in [2.75, 3.05) is 26.8 Å². The van der Waals surface area contributed by atoms with Crippen molar-refractivity contribution < 1.29 is 19.0 Å². The van der Waals surface area contributed by atoms with E-state index >= 15 is 0 Å². The summed E-state index contributed by atoms with van der Waals surface area (Å²) in [7, 11) is 4.51. The highest BCUT2D eigenvalue weighted by Crippen LogP contribution is 2.40. The van der Waals surface area contributed by atoms with E-state index in [1.807, 2.05) is 19.1 Å². The summed E-state index contributed by atoms with van der Waals surface area (Å²) in [5.41, 5.74) is 4.54. The monoisotopic (exact) mass is 445 g/mol. The van der Waals surface area contributed by atoms with Gasteiger partial charge in [-0.1, -0.05) is 30.3 Å². The largest absolute Gasteiger partial charge is 0.493 e. The lowest BCUT2D eigenvalue weighted by atomic mass is 10.1. The van der Waals surface area contributed by atoms with E-state index in [0.717, 1.165) is 10.2 Å². The van der Waals surface area contributed by atoms with Crippen LogP contribution in [0.25, 0.3) is 22.3 Å². The van der Waals surface area contributed by atoms with Gasteiger partial charge in [-0.3, -0.25) is 15.0 Å². The Hall–Kier alpha value is -4.33. The summed E-state index contributed by atoms with van der Waals surface area (Å²) in [6.07, 6.45) is 0. The minimum absolute atomic E-state index is 0.222. The second-order valence-corrected chi connectivity index (χ2v) is 7.26. The quantitative estimate of drug-likeness (QED) is 0.486. The highest BCUT2D eigenvalue weighted by Gasteiger charge is 2.20. The normalized spacial score (nSPS) is 10.7. The molecule has 0 spiro atoms. The zero-order chi connectivity index (χ0) is 23.5. The number of hydrogen-bond donors (Lipinski definition) is 1. The van der Waals surface area contributed by atoms with Crippen molar-refractivity contribution in [3.63, 3.8) is 0 Å². The summed E-state index contributed by atoms with van der Waals surface area (Å²) in [5, 5.41) is 0.374. The summed E-state index contributed by atoms with van der Waals surface area (Å²) in [4.78, 5) is 31.2. The number of methoxy groups -OCH3 is 3. The number of carbonyl (C=O) groups is 1. The lowest BCUT2D eigenvalue weighted by molar-refractivity contribution is 0.101. The van der Waals surface area contributed by atoms with E-state index in [1.165, 1.54) is 21.3 Å². The molecule has 1 N–H and O–H groups in total. The molecule has 0 atom stereocenters. The van der Waals surface area contributed by atoms with Crippen LogP contribution in [0.15, 0.2) is 65.5 Å². The fraction of sp³-hybridized carbons (Fsp3) is 0.160. The molecule has 1 amide bonds. The number of ether oxygens (including phenoxy) is 3. The van der Waals surface area contributed by atoms with Crippen molar-refractivity contribution in [2.24, 2.45) is 0 Å². The Balaban J connectivity index is 1.96. The third-order valence-electron chi connectivity index (χ3n) is 5.30. The first-order chi connectivity index (χ1) is 16.0. The highest BCUT2D eigenvalue weighted by atomic mass is 16.5. The third kappa shape index (κ3) is 3.98. The van der Waals surface area contributed by atoms with Crippen molar-refractivity contribution in [1.82, 2.24) is 9.66 Å². The number of carbonyl (C=O) groups excluding carboxylic acids is 1. The van der Waals surface area contributed by atoms with E-state index in [9.17, 15) is 9.59 Å². The Morgan fingerprint density at radius 1 is 0.909 bits per heavy atom. The smallest absolute Gasteiger partial charge is 0.280 e. The Kier molecular flexibility index (Phi) is 5.99. The number of benzene rings is 3. The molecular formula is C25H23N3O5. The van der Waals surface area contributed by atoms with E-state index in [0.29, 0.717) is 39.3 Å². The summed E-state index contributed by atoms with van der Waals surface area (Å²) in [5.74, 6) is 0.986. The molecule has 0 radical (unpaired) electrons. The van der Waals surface area contributed by atoms with Gasteiger partial charge in [-0.25, -0.2) is 4.98 Å². The van der Waals surface area contributed by atoms with Gasteiger partial charge in [-0.05, 0) is 42.8 Å². The standard InChI is InChI=1S/C25H23N3O5/c1-15-9-5-6-10-17(15)24(29)27-28-23(26-19-12-8-7-11-18(19)25(28)30)16-13-20(31-2)22(33-4)21(14-16)32-3/h5-14H,1-4H3,(H,27,29). The molecule has 0 saturated heterocycles. The molecular weight excluding hydrogens is 422 g/mol. The van der Waals surface area contributed by atoms with Crippen LogP contribution in [0.2, 0.25) is 0 Å².